The second kappa shape index (κ2) is 5.20. The van der Waals surface area contributed by atoms with Crippen molar-refractivity contribution in [2.45, 2.75) is 44.8 Å². The number of aryl methyl sites for hydroxylation is 1. The molecule has 0 saturated carbocycles. The first kappa shape index (κ1) is 11.9. The molecule has 3 nitrogen and oxygen atoms in total. The monoisotopic (exact) mass is 230 g/mol. The maximum absolute atomic E-state index is 8.88. The lowest BCUT2D eigenvalue weighted by Gasteiger charge is -2.23. The van der Waals surface area contributed by atoms with Gasteiger partial charge in [0, 0.05) is 6.04 Å². The van der Waals surface area contributed by atoms with Gasteiger partial charge in [-0.1, -0.05) is 13.0 Å². The maximum Gasteiger partial charge on any atom is 0.184 e. The lowest BCUT2D eigenvalue weighted by Crippen LogP contribution is -2.18. The Kier molecular flexibility index (Phi) is 3.65. The van der Waals surface area contributed by atoms with Gasteiger partial charge in [0.1, 0.15) is 11.8 Å². The fraction of sp³-hybridized carbons (Fsp3) is 0.500. The third kappa shape index (κ3) is 2.59. The van der Waals surface area contributed by atoms with Crippen LogP contribution in [0, 0.1) is 11.3 Å². The van der Waals surface area contributed by atoms with Crippen LogP contribution in [0.2, 0.25) is 0 Å². The van der Waals surface area contributed by atoms with E-state index in [4.69, 9.17) is 15.7 Å². The molecule has 3 heteroatoms. The molecule has 2 unspecified atom stereocenters. The van der Waals surface area contributed by atoms with Crippen LogP contribution in [-0.4, -0.2) is 6.10 Å². The Morgan fingerprint density at radius 2 is 2.41 bits per heavy atom. The normalized spacial score (nSPS) is 20.2. The Morgan fingerprint density at radius 1 is 1.59 bits per heavy atom. The van der Waals surface area contributed by atoms with Gasteiger partial charge in [0.15, 0.2) is 6.10 Å². The standard InChI is InChI=1S/C14H18N2O/c1-2-11(9-15)17-12-7-6-10-4-3-5-14(16)13(10)8-12/h6-8,11,14H,2-5,16H2,1H3. The zero-order chi connectivity index (χ0) is 12.3. The summed E-state index contributed by atoms with van der Waals surface area (Å²) < 4.78 is 5.61. The van der Waals surface area contributed by atoms with E-state index in [1.807, 2.05) is 19.1 Å². The smallest absolute Gasteiger partial charge is 0.184 e. The molecule has 0 bridgehead atoms. The molecule has 1 aliphatic rings. The number of hydrogen-bond acceptors (Lipinski definition) is 3. The van der Waals surface area contributed by atoms with Gasteiger partial charge in [0.2, 0.25) is 0 Å². The van der Waals surface area contributed by atoms with Crippen LogP contribution >= 0.6 is 0 Å². The van der Waals surface area contributed by atoms with Crippen molar-refractivity contribution in [3.05, 3.63) is 29.3 Å². The highest BCUT2D eigenvalue weighted by Crippen LogP contribution is 2.31. The largest absolute Gasteiger partial charge is 0.476 e. The molecule has 0 aromatic heterocycles. The molecule has 0 fully saturated rings. The molecule has 0 heterocycles. The van der Waals surface area contributed by atoms with E-state index in [1.54, 1.807) is 0 Å². The highest BCUT2D eigenvalue weighted by atomic mass is 16.5. The Morgan fingerprint density at radius 3 is 3.12 bits per heavy atom. The van der Waals surface area contributed by atoms with Gasteiger partial charge < -0.3 is 10.5 Å². The number of nitrogens with two attached hydrogens (primary N) is 1. The summed E-state index contributed by atoms with van der Waals surface area (Å²) in [6, 6.07) is 8.27. The average Bonchev–Trinajstić information content (AvgIpc) is 2.37. The highest BCUT2D eigenvalue weighted by Gasteiger charge is 2.17. The molecule has 0 amide bonds. The van der Waals surface area contributed by atoms with Crippen molar-refractivity contribution in [2.75, 3.05) is 0 Å². The van der Waals surface area contributed by atoms with Gasteiger partial charge in [-0.05, 0) is 48.9 Å². The van der Waals surface area contributed by atoms with Gasteiger partial charge >= 0.3 is 0 Å². The zero-order valence-electron chi connectivity index (χ0n) is 10.1. The van der Waals surface area contributed by atoms with Gasteiger partial charge in [0.05, 0.1) is 0 Å². The maximum atomic E-state index is 8.88. The second-order valence-electron chi connectivity index (χ2n) is 4.50. The third-order valence-corrected chi connectivity index (χ3v) is 3.27. The lowest BCUT2D eigenvalue weighted by molar-refractivity contribution is 0.251. The number of rotatable bonds is 3. The molecule has 2 N–H and O–H groups in total. The van der Waals surface area contributed by atoms with Gasteiger partial charge in [-0.25, -0.2) is 0 Å². The van der Waals surface area contributed by atoms with E-state index in [-0.39, 0.29) is 12.1 Å². The van der Waals surface area contributed by atoms with Crippen LogP contribution in [0.5, 0.6) is 5.75 Å². The number of fused-ring (bicyclic) bond motifs is 1. The average molecular weight is 230 g/mol. The fourth-order valence-electron chi connectivity index (χ4n) is 2.25. The Balaban J connectivity index is 2.21. The molecule has 2 atom stereocenters. The first-order chi connectivity index (χ1) is 8.24. The molecule has 90 valence electrons. The van der Waals surface area contributed by atoms with E-state index in [0.717, 1.165) is 25.0 Å². The summed E-state index contributed by atoms with van der Waals surface area (Å²) >= 11 is 0. The van der Waals surface area contributed by atoms with Crippen LogP contribution in [0.1, 0.15) is 43.4 Å². The molecule has 1 aliphatic carbocycles. The molecule has 0 saturated heterocycles. The minimum Gasteiger partial charge on any atom is -0.476 e. The molecule has 1 aromatic carbocycles. The number of nitriles is 1. The van der Waals surface area contributed by atoms with Gasteiger partial charge in [-0.3, -0.25) is 0 Å². The van der Waals surface area contributed by atoms with Crippen LogP contribution in [0.15, 0.2) is 18.2 Å². The molecule has 1 aromatic rings. The first-order valence-corrected chi connectivity index (χ1v) is 6.19. The van der Waals surface area contributed by atoms with Crippen molar-refractivity contribution in [3.63, 3.8) is 0 Å². The number of hydrogen-bond donors (Lipinski definition) is 1. The predicted octanol–water partition coefficient (Wildman–Crippen LogP) is 2.70. The summed E-state index contributed by atoms with van der Waals surface area (Å²) in [7, 11) is 0. The Labute approximate surface area is 102 Å². The Hall–Kier alpha value is -1.53. The predicted molar refractivity (Wildman–Crippen MR) is 66.6 cm³/mol. The number of nitrogens with zero attached hydrogens (tertiary/aromatic N) is 1. The topological polar surface area (TPSA) is 59.0 Å². The highest BCUT2D eigenvalue weighted by molar-refractivity contribution is 5.39. The van der Waals surface area contributed by atoms with Crippen molar-refractivity contribution in [2.24, 2.45) is 5.73 Å². The third-order valence-electron chi connectivity index (χ3n) is 3.27. The van der Waals surface area contributed by atoms with Crippen LogP contribution in [0.25, 0.3) is 0 Å². The number of benzene rings is 1. The summed E-state index contributed by atoms with van der Waals surface area (Å²) in [4.78, 5) is 0. The molecule has 0 aliphatic heterocycles. The zero-order valence-corrected chi connectivity index (χ0v) is 10.1. The van der Waals surface area contributed by atoms with Gasteiger partial charge in [0.25, 0.3) is 0 Å². The van der Waals surface area contributed by atoms with Gasteiger partial charge in [-0.2, -0.15) is 5.26 Å². The molecule has 0 radical (unpaired) electrons. The summed E-state index contributed by atoms with van der Waals surface area (Å²) in [5.41, 5.74) is 8.59. The fourth-order valence-corrected chi connectivity index (χ4v) is 2.25. The summed E-state index contributed by atoms with van der Waals surface area (Å²) in [5, 5.41) is 8.88. The lowest BCUT2D eigenvalue weighted by atomic mass is 9.88. The van der Waals surface area contributed by atoms with E-state index in [1.165, 1.54) is 11.1 Å². The van der Waals surface area contributed by atoms with Crippen molar-refractivity contribution in [1.82, 2.24) is 0 Å². The van der Waals surface area contributed by atoms with Crippen LogP contribution in [0.3, 0.4) is 0 Å². The van der Waals surface area contributed by atoms with Crippen molar-refractivity contribution in [1.29, 1.82) is 5.26 Å². The van der Waals surface area contributed by atoms with E-state index >= 15 is 0 Å². The molecular formula is C14H18N2O. The SMILES string of the molecule is CCC(C#N)Oc1ccc2c(c1)C(N)CCC2. The minimum absolute atomic E-state index is 0.115. The van der Waals surface area contributed by atoms with Crippen molar-refractivity contribution < 1.29 is 4.74 Å². The van der Waals surface area contributed by atoms with Crippen LogP contribution in [0.4, 0.5) is 0 Å². The van der Waals surface area contributed by atoms with E-state index in [2.05, 4.69) is 12.1 Å². The van der Waals surface area contributed by atoms with E-state index in [0.29, 0.717) is 6.42 Å². The minimum atomic E-state index is -0.368. The van der Waals surface area contributed by atoms with Crippen LogP contribution < -0.4 is 10.5 Å². The first-order valence-electron chi connectivity index (χ1n) is 6.19. The van der Waals surface area contributed by atoms with Gasteiger partial charge in [-0.15, -0.1) is 0 Å². The Bertz CT molecular complexity index is 436. The van der Waals surface area contributed by atoms with Crippen molar-refractivity contribution >= 4 is 0 Å². The van der Waals surface area contributed by atoms with E-state index in [9.17, 15) is 0 Å². The molecule has 2 rings (SSSR count). The summed E-state index contributed by atoms with van der Waals surface area (Å²) in [5.74, 6) is 0.759. The van der Waals surface area contributed by atoms with Crippen LogP contribution in [-0.2, 0) is 6.42 Å². The molecule has 0 spiro atoms. The molecule has 17 heavy (non-hydrogen) atoms. The number of ether oxygens (including phenoxy) is 1. The molecular weight excluding hydrogens is 212 g/mol. The summed E-state index contributed by atoms with van der Waals surface area (Å²) in [6.45, 7) is 1.94. The second-order valence-corrected chi connectivity index (χ2v) is 4.50. The van der Waals surface area contributed by atoms with E-state index < -0.39 is 0 Å². The van der Waals surface area contributed by atoms with Crippen molar-refractivity contribution in [3.8, 4) is 11.8 Å². The summed E-state index contributed by atoms with van der Waals surface area (Å²) in [6.07, 6.45) is 3.61. The quantitative estimate of drug-likeness (QED) is 0.868.